The standard InChI is InChI=1S/C4H12O3P3.3Rf/c1-8(5)4(9(2)6)10(3)7;;;/h8-10H,1-3H3;;;/q-1;;;. The van der Waals surface area contributed by atoms with E-state index >= 15 is 0 Å². The molecule has 3 unspecified atom stereocenters. The first-order valence-corrected chi connectivity index (χ1v) is 8.59. The zero-order chi connectivity index (χ0) is 8.31. The minimum Gasteiger partial charge on any atom is -0.360 e. The minimum atomic E-state index is -1.94. The molecule has 0 spiro atoms. The van der Waals surface area contributed by atoms with E-state index in [1.54, 1.807) is 0 Å². The molecule has 0 aliphatic carbocycles. The van der Waals surface area contributed by atoms with Crippen LogP contribution in [0.2, 0.25) is 0 Å². The molecule has 0 amide bonds. The third-order valence-electron chi connectivity index (χ3n) is 1.06. The molecular weight excluding hydrogens is 990 g/mol. The topological polar surface area (TPSA) is 51.2 Å². The van der Waals surface area contributed by atoms with Gasteiger partial charge in [-0.2, -0.15) is 0 Å². The SMILES string of the molecule is C[PH](=O)[C-]([PH](C)=O)[PH](C)=O.[Rf].[Rf].[Rf]. The summed E-state index contributed by atoms with van der Waals surface area (Å²) in [6.45, 7) is 4.45. The van der Waals surface area contributed by atoms with Crippen molar-refractivity contribution in [1.29, 1.82) is 0 Å². The van der Waals surface area contributed by atoms with Crippen LogP contribution < -0.4 is 0 Å². The van der Waals surface area contributed by atoms with E-state index in [0.717, 1.165) is 0 Å². The van der Waals surface area contributed by atoms with Crippen LogP contribution in [0, 0.1) is 5.14 Å². The first-order valence-electron chi connectivity index (χ1n) is 2.86. The zero-order valence-electron chi connectivity index (χ0n) is 8.35. The van der Waals surface area contributed by atoms with Crippen molar-refractivity contribution >= 4 is 23.4 Å². The fraction of sp³-hybridized carbons (Fsp3) is 0.750. The van der Waals surface area contributed by atoms with Crippen molar-refractivity contribution in [2.75, 3.05) is 20.0 Å². The van der Waals surface area contributed by atoms with E-state index in [1.807, 2.05) is 0 Å². The van der Waals surface area contributed by atoms with Gasteiger partial charge in [0.2, 0.25) is 0 Å². The molecule has 13 heavy (non-hydrogen) atoms. The number of rotatable bonds is 3. The number of hydrogen-bond donors (Lipinski definition) is 0. The van der Waals surface area contributed by atoms with Crippen LogP contribution in [0.3, 0.4) is 0 Å². The van der Waals surface area contributed by atoms with E-state index < -0.39 is 23.4 Å². The van der Waals surface area contributed by atoms with Crippen molar-refractivity contribution in [2.24, 2.45) is 0 Å². The van der Waals surface area contributed by atoms with Gasteiger partial charge in [0.15, 0.2) is 0 Å². The molecule has 0 N–H and O–H groups in total. The first-order chi connectivity index (χ1) is 4.46. The summed E-state index contributed by atoms with van der Waals surface area (Å²) in [7, 11) is -5.82. The van der Waals surface area contributed by atoms with E-state index in [9.17, 15) is 13.7 Å². The van der Waals surface area contributed by atoms with E-state index in [1.165, 1.54) is 20.0 Å². The molecule has 0 aromatic carbocycles. The quantitative estimate of drug-likeness (QED) is 0.322. The molecule has 0 radical (unpaired) electrons. The predicted octanol–water partition coefficient (Wildman–Crippen LogP) is 2.00. The largest absolute Gasteiger partial charge is 0.360 e. The summed E-state index contributed by atoms with van der Waals surface area (Å²) in [5, 5.41) is 0.333. The Balaban J connectivity index is -0.000000135. The molecule has 0 aliphatic rings. The van der Waals surface area contributed by atoms with Gasteiger partial charge in [-0.1, -0.05) is 0 Å². The molecular formula is C4H12O3P3Rf3-. The maximum absolute atomic E-state index is 10.8. The Bertz CT molecular complexity index is 165. The van der Waals surface area contributed by atoms with Crippen LogP contribution in [-0.2, 0) is 13.7 Å². The summed E-state index contributed by atoms with van der Waals surface area (Å²) < 4.78 is 32.5. The summed E-state index contributed by atoms with van der Waals surface area (Å²) in [5.41, 5.74) is 0. The average Bonchev–Trinajstić information content (AvgIpc) is 1.59. The molecule has 0 aromatic rings. The Kier molecular flexibility index (Phi) is 13.4. The molecule has 68 valence electrons. The summed E-state index contributed by atoms with van der Waals surface area (Å²) >= 11 is 0. The summed E-state index contributed by atoms with van der Waals surface area (Å²) in [5.74, 6) is 0. The fourth-order valence-corrected chi connectivity index (χ4v) is 6.69. The second-order valence-electron chi connectivity index (χ2n) is 2.04. The van der Waals surface area contributed by atoms with E-state index in [-0.39, 0.29) is 0 Å². The zero-order valence-corrected chi connectivity index (χ0v) is 30.5. The second kappa shape index (κ2) is 7.79. The monoisotopic (exact) mass is 1000 g/mol. The van der Waals surface area contributed by atoms with Gasteiger partial charge in [0.1, 0.15) is 0 Å². The normalized spacial score (nSPS) is 15.7. The van der Waals surface area contributed by atoms with Crippen LogP contribution >= 0.6 is 23.4 Å². The van der Waals surface area contributed by atoms with Crippen LogP contribution in [0.15, 0.2) is 0 Å². The molecule has 3 nitrogen and oxygen atoms in total. The van der Waals surface area contributed by atoms with Gasteiger partial charge >= 0.3 is 0 Å². The maximum Gasteiger partial charge on any atom is 0 e. The second-order valence-corrected chi connectivity index (χ2v) is 8.38. The Morgan fingerprint density at radius 1 is 0.692 bits per heavy atom. The Hall–Kier alpha value is -2.31. The Morgan fingerprint density at radius 2 is 0.846 bits per heavy atom. The van der Waals surface area contributed by atoms with E-state index in [0.29, 0.717) is 5.14 Å². The first kappa shape index (κ1) is 22.4. The maximum atomic E-state index is 10.8. The molecule has 0 fully saturated rings. The molecule has 0 aromatic heterocycles. The molecule has 0 saturated heterocycles. The van der Waals surface area contributed by atoms with Crippen molar-refractivity contribution in [3.8, 4) is 0 Å². The molecule has 0 rings (SSSR count). The van der Waals surface area contributed by atoms with Gasteiger partial charge in [-0.05, 0) is 43.4 Å². The molecule has 0 aliphatic heterocycles. The van der Waals surface area contributed by atoms with Gasteiger partial charge in [0.25, 0.3) is 0 Å². The van der Waals surface area contributed by atoms with Crippen LogP contribution in [0.25, 0.3) is 0 Å². The van der Waals surface area contributed by atoms with Gasteiger partial charge in [-0.3, -0.25) is 0 Å². The van der Waals surface area contributed by atoms with Crippen molar-refractivity contribution in [3.63, 3.8) is 0 Å². The van der Waals surface area contributed by atoms with Gasteiger partial charge in [0, 0.05) is 0 Å². The van der Waals surface area contributed by atoms with Crippen molar-refractivity contribution in [2.45, 2.75) is 0 Å². The van der Waals surface area contributed by atoms with Crippen LogP contribution in [0.1, 0.15) is 0 Å². The Morgan fingerprint density at radius 3 is 0.846 bits per heavy atom. The molecule has 0 heterocycles. The summed E-state index contributed by atoms with van der Waals surface area (Å²) in [4.78, 5) is 0. The Labute approximate surface area is 62.9 Å². The fourth-order valence-electron chi connectivity index (χ4n) is 0.744. The summed E-state index contributed by atoms with van der Waals surface area (Å²) in [6.07, 6.45) is 0. The van der Waals surface area contributed by atoms with Gasteiger partial charge in [0.05, 0.1) is 0 Å². The molecule has 3 atom stereocenters. The number of hydrogen-bond acceptors (Lipinski definition) is 3. The third kappa shape index (κ3) is 6.10. The van der Waals surface area contributed by atoms with Crippen LogP contribution in [-0.4, -0.2) is 20.0 Å². The molecule has 0 bridgehead atoms. The van der Waals surface area contributed by atoms with E-state index in [4.69, 9.17) is 0 Å². The predicted molar refractivity (Wildman–Crippen MR) is 48.0 cm³/mol. The van der Waals surface area contributed by atoms with Crippen molar-refractivity contribution in [1.82, 2.24) is 0 Å². The van der Waals surface area contributed by atoms with Crippen molar-refractivity contribution in [3.05, 3.63) is 5.14 Å². The minimum absolute atomic E-state index is 0. The van der Waals surface area contributed by atoms with Gasteiger partial charge < -0.3 is 13.7 Å². The third-order valence-corrected chi connectivity index (χ3v) is 9.51. The molecule has 0 saturated carbocycles. The average molecular weight is 1000 g/mol. The molecule has 9 heteroatoms. The smallest absolute Gasteiger partial charge is 0 e. The van der Waals surface area contributed by atoms with Crippen molar-refractivity contribution < 1.29 is 13.7 Å². The van der Waals surface area contributed by atoms with Gasteiger partial charge in [-0.15, -0.1) is 5.14 Å². The van der Waals surface area contributed by atoms with Crippen LogP contribution in [0.4, 0.5) is 0 Å². The van der Waals surface area contributed by atoms with E-state index in [2.05, 4.69) is 0 Å². The van der Waals surface area contributed by atoms with Gasteiger partial charge in [-0.25, -0.2) is 0 Å². The van der Waals surface area contributed by atoms with Crippen LogP contribution in [0.5, 0.6) is 0 Å². The summed E-state index contributed by atoms with van der Waals surface area (Å²) in [6, 6.07) is 0.